The minimum atomic E-state index is 0.638. The lowest BCUT2D eigenvalue weighted by Gasteiger charge is -2.11. The van der Waals surface area contributed by atoms with Gasteiger partial charge in [-0.2, -0.15) is 0 Å². The summed E-state index contributed by atoms with van der Waals surface area (Å²) in [5.74, 6) is 2.39. The lowest BCUT2D eigenvalue weighted by Crippen LogP contribution is -2.38. The second-order valence-corrected chi connectivity index (χ2v) is 4.05. The molecule has 1 aromatic rings. The van der Waals surface area contributed by atoms with E-state index >= 15 is 0 Å². The molecule has 0 bridgehead atoms. The van der Waals surface area contributed by atoms with E-state index in [2.05, 4.69) is 22.2 Å². The van der Waals surface area contributed by atoms with Gasteiger partial charge in [0, 0.05) is 26.2 Å². The average molecular weight is 277 g/mol. The molecule has 5 heteroatoms. The quantitative estimate of drug-likeness (QED) is 0.329. The van der Waals surface area contributed by atoms with E-state index in [0.717, 1.165) is 30.4 Å². The van der Waals surface area contributed by atoms with E-state index in [1.54, 1.807) is 20.2 Å². The van der Waals surface area contributed by atoms with Gasteiger partial charge in [-0.3, -0.25) is 4.99 Å². The van der Waals surface area contributed by atoms with Crippen molar-refractivity contribution in [2.24, 2.45) is 4.99 Å². The highest BCUT2D eigenvalue weighted by molar-refractivity contribution is 5.79. The highest BCUT2D eigenvalue weighted by Gasteiger charge is 1.98. The van der Waals surface area contributed by atoms with Crippen molar-refractivity contribution in [1.82, 2.24) is 10.6 Å². The molecular formula is C15H23N3O2. The normalized spacial score (nSPS) is 10.8. The van der Waals surface area contributed by atoms with Crippen LogP contribution in [0.15, 0.2) is 41.9 Å². The first-order valence-electron chi connectivity index (χ1n) is 6.62. The molecule has 0 unspecified atom stereocenters. The summed E-state index contributed by atoms with van der Waals surface area (Å²) in [7, 11) is 3.38. The van der Waals surface area contributed by atoms with Crippen LogP contribution in [0.5, 0.6) is 11.5 Å². The number of hydrogen-bond acceptors (Lipinski definition) is 3. The van der Waals surface area contributed by atoms with Crippen LogP contribution in [0.2, 0.25) is 0 Å². The summed E-state index contributed by atoms with van der Waals surface area (Å²) >= 11 is 0. The molecular weight excluding hydrogens is 254 g/mol. The number of nitrogens with zero attached hydrogens (tertiary/aromatic N) is 1. The molecule has 0 atom stereocenters. The topological polar surface area (TPSA) is 54.9 Å². The van der Waals surface area contributed by atoms with Crippen molar-refractivity contribution in [1.29, 1.82) is 0 Å². The zero-order chi connectivity index (χ0) is 14.6. The number of guanidine groups is 1. The summed E-state index contributed by atoms with van der Waals surface area (Å²) in [4.78, 5) is 4.09. The van der Waals surface area contributed by atoms with Crippen molar-refractivity contribution in [2.75, 3.05) is 33.9 Å². The van der Waals surface area contributed by atoms with Gasteiger partial charge in [-0.1, -0.05) is 12.1 Å². The molecule has 0 aliphatic heterocycles. The van der Waals surface area contributed by atoms with Crippen molar-refractivity contribution >= 4 is 5.96 Å². The molecule has 2 N–H and O–H groups in total. The first-order valence-corrected chi connectivity index (χ1v) is 6.62. The van der Waals surface area contributed by atoms with Crippen LogP contribution in [0.25, 0.3) is 0 Å². The van der Waals surface area contributed by atoms with Gasteiger partial charge in [0.2, 0.25) is 0 Å². The summed E-state index contributed by atoms with van der Waals surface area (Å²) in [6.07, 6.45) is 2.67. The van der Waals surface area contributed by atoms with Crippen molar-refractivity contribution in [3.05, 3.63) is 36.9 Å². The van der Waals surface area contributed by atoms with E-state index in [1.165, 1.54) is 0 Å². The molecule has 0 aliphatic carbocycles. The third kappa shape index (κ3) is 6.13. The standard InChI is InChI=1S/C15H23N3O2/c1-4-9-17-15(16-2)18-10-6-11-20-14-8-5-7-13(12-14)19-3/h4-5,7-8,12H,1,6,9-11H2,2-3H3,(H2,16,17,18). The van der Waals surface area contributed by atoms with E-state index < -0.39 is 0 Å². The van der Waals surface area contributed by atoms with Gasteiger partial charge in [-0.05, 0) is 18.6 Å². The average Bonchev–Trinajstić information content (AvgIpc) is 2.50. The molecule has 110 valence electrons. The molecule has 0 aromatic heterocycles. The number of nitrogens with one attached hydrogen (secondary N) is 2. The summed E-state index contributed by atoms with van der Waals surface area (Å²) in [5.41, 5.74) is 0. The van der Waals surface area contributed by atoms with Crippen molar-refractivity contribution in [3.63, 3.8) is 0 Å². The van der Waals surface area contributed by atoms with Crippen LogP contribution >= 0.6 is 0 Å². The third-order valence-corrected chi connectivity index (χ3v) is 2.56. The van der Waals surface area contributed by atoms with Gasteiger partial charge >= 0.3 is 0 Å². The fraction of sp³-hybridized carbons (Fsp3) is 0.400. The van der Waals surface area contributed by atoms with E-state index in [0.29, 0.717) is 13.2 Å². The van der Waals surface area contributed by atoms with Gasteiger partial charge in [0.25, 0.3) is 0 Å². The Morgan fingerprint density at radius 1 is 1.35 bits per heavy atom. The van der Waals surface area contributed by atoms with Crippen LogP contribution in [-0.4, -0.2) is 39.8 Å². The van der Waals surface area contributed by atoms with Crippen LogP contribution in [0.1, 0.15) is 6.42 Å². The highest BCUT2D eigenvalue weighted by atomic mass is 16.5. The molecule has 20 heavy (non-hydrogen) atoms. The Morgan fingerprint density at radius 3 is 2.85 bits per heavy atom. The fourth-order valence-corrected chi connectivity index (χ4v) is 1.55. The fourth-order valence-electron chi connectivity index (χ4n) is 1.55. The number of hydrogen-bond donors (Lipinski definition) is 2. The largest absolute Gasteiger partial charge is 0.497 e. The first-order chi connectivity index (χ1) is 9.80. The minimum absolute atomic E-state index is 0.638. The van der Waals surface area contributed by atoms with E-state index in [9.17, 15) is 0 Å². The van der Waals surface area contributed by atoms with Gasteiger partial charge < -0.3 is 20.1 Å². The van der Waals surface area contributed by atoms with Crippen LogP contribution in [0, 0.1) is 0 Å². The maximum atomic E-state index is 5.65. The maximum absolute atomic E-state index is 5.65. The lowest BCUT2D eigenvalue weighted by atomic mass is 10.3. The molecule has 0 aliphatic rings. The summed E-state index contributed by atoms with van der Waals surface area (Å²) < 4.78 is 10.8. The molecule has 0 spiro atoms. The molecule has 0 radical (unpaired) electrons. The molecule has 1 aromatic carbocycles. The van der Waals surface area contributed by atoms with Gasteiger partial charge in [-0.15, -0.1) is 6.58 Å². The third-order valence-electron chi connectivity index (χ3n) is 2.56. The van der Waals surface area contributed by atoms with Crippen molar-refractivity contribution in [2.45, 2.75) is 6.42 Å². The Morgan fingerprint density at radius 2 is 2.15 bits per heavy atom. The number of methoxy groups -OCH3 is 1. The van der Waals surface area contributed by atoms with Crippen LogP contribution in [0.3, 0.4) is 0 Å². The molecule has 1 rings (SSSR count). The summed E-state index contributed by atoms with van der Waals surface area (Å²) in [6.45, 7) is 5.77. The van der Waals surface area contributed by atoms with E-state index in [1.807, 2.05) is 24.3 Å². The Kier molecular flexibility index (Phi) is 7.72. The van der Waals surface area contributed by atoms with Gasteiger partial charge in [-0.25, -0.2) is 0 Å². The second kappa shape index (κ2) is 9.72. The Balaban J connectivity index is 2.19. The van der Waals surface area contributed by atoms with E-state index in [-0.39, 0.29) is 0 Å². The Labute approximate surface area is 120 Å². The zero-order valence-electron chi connectivity index (χ0n) is 12.2. The molecule has 0 heterocycles. The predicted molar refractivity (Wildman–Crippen MR) is 82.7 cm³/mol. The molecule has 0 saturated carbocycles. The summed E-state index contributed by atoms with van der Waals surface area (Å²) in [5, 5.41) is 6.31. The first kappa shape index (κ1) is 15.9. The second-order valence-electron chi connectivity index (χ2n) is 4.05. The smallest absolute Gasteiger partial charge is 0.191 e. The van der Waals surface area contributed by atoms with Crippen molar-refractivity contribution < 1.29 is 9.47 Å². The predicted octanol–water partition coefficient (Wildman–Crippen LogP) is 1.82. The van der Waals surface area contributed by atoms with Gasteiger partial charge in [0.15, 0.2) is 5.96 Å². The number of ether oxygens (including phenoxy) is 2. The van der Waals surface area contributed by atoms with Crippen LogP contribution in [-0.2, 0) is 0 Å². The van der Waals surface area contributed by atoms with Gasteiger partial charge in [0.05, 0.1) is 13.7 Å². The van der Waals surface area contributed by atoms with E-state index in [4.69, 9.17) is 9.47 Å². The highest BCUT2D eigenvalue weighted by Crippen LogP contribution is 2.18. The molecule has 0 saturated heterocycles. The molecule has 0 fully saturated rings. The monoisotopic (exact) mass is 277 g/mol. The van der Waals surface area contributed by atoms with Crippen LogP contribution in [0.4, 0.5) is 0 Å². The van der Waals surface area contributed by atoms with Crippen molar-refractivity contribution in [3.8, 4) is 11.5 Å². The number of rotatable bonds is 8. The minimum Gasteiger partial charge on any atom is -0.497 e. The molecule has 0 amide bonds. The Hall–Kier alpha value is -2.17. The maximum Gasteiger partial charge on any atom is 0.191 e. The van der Waals surface area contributed by atoms with Crippen LogP contribution < -0.4 is 20.1 Å². The van der Waals surface area contributed by atoms with Gasteiger partial charge in [0.1, 0.15) is 11.5 Å². The number of aliphatic imine (C=N–C) groups is 1. The Bertz CT molecular complexity index is 433. The zero-order valence-corrected chi connectivity index (χ0v) is 12.2. The summed E-state index contributed by atoms with van der Waals surface area (Å²) in [6, 6.07) is 7.59. The number of benzene rings is 1. The SMILES string of the molecule is C=CCNC(=NC)NCCCOc1cccc(OC)c1. The molecule has 5 nitrogen and oxygen atoms in total. The lowest BCUT2D eigenvalue weighted by molar-refractivity contribution is 0.308.